The topological polar surface area (TPSA) is 131 Å². The molecule has 2 heterocycles. The number of nitrogens with one attached hydrogen (secondary N) is 1. The van der Waals surface area contributed by atoms with Crippen LogP contribution < -0.4 is 25.7 Å². The molecule has 5 rings (SSSR count). The van der Waals surface area contributed by atoms with Gasteiger partial charge in [0.25, 0.3) is 5.69 Å². The third-order valence-electron chi connectivity index (χ3n) is 6.18. The highest BCUT2D eigenvalue weighted by molar-refractivity contribution is 7.85. The summed E-state index contributed by atoms with van der Waals surface area (Å²) >= 11 is 0. The first-order chi connectivity index (χ1) is 18.8. The minimum Gasteiger partial charge on any atom is -0.542 e. The Morgan fingerprint density at radius 2 is 1.77 bits per heavy atom. The van der Waals surface area contributed by atoms with E-state index < -0.39 is 22.2 Å². The number of sulfonamides is 1. The van der Waals surface area contributed by atoms with Gasteiger partial charge in [-0.1, -0.05) is 33.8 Å². The maximum Gasteiger partial charge on any atom is 0.430 e. The van der Waals surface area contributed by atoms with Crippen LogP contribution in [-0.4, -0.2) is 49.5 Å². The van der Waals surface area contributed by atoms with Crippen molar-refractivity contribution in [3.05, 3.63) is 76.3 Å². The first kappa shape index (κ1) is 28.6. The van der Waals surface area contributed by atoms with Crippen LogP contribution in [0.3, 0.4) is 0 Å². The summed E-state index contributed by atoms with van der Waals surface area (Å²) in [6.45, 7) is 2.92. The van der Waals surface area contributed by atoms with E-state index in [1.807, 2.05) is 31.2 Å². The zero-order valence-electron chi connectivity index (χ0n) is 21.3. The van der Waals surface area contributed by atoms with E-state index in [-0.39, 0.29) is 16.3 Å². The molecule has 0 spiro atoms. The Labute approximate surface area is 227 Å². The molecule has 0 aromatic heterocycles. The molecule has 3 aromatic rings. The lowest BCUT2D eigenvalue weighted by Crippen LogP contribution is -2.37. The van der Waals surface area contributed by atoms with Gasteiger partial charge in [0.2, 0.25) is 5.75 Å². The number of halogens is 3. The number of carboxylic acids is 1. The minimum absolute atomic E-state index is 0.110. The predicted octanol–water partition coefficient (Wildman–Crippen LogP) is 1.91. The van der Waals surface area contributed by atoms with E-state index in [4.69, 9.17) is 14.6 Å². The molecule has 40 heavy (non-hydrogen) atoms. The third kappa shape index (κ3) is 5.78. The number of carbonyl (C=O) groups is 1. The van der Waals surface area contributed by atoms with Gasteiger partial charge in [0.1, 0.15) is 16.6 Å². The minimum atomic E-state index is -5.19. The number of aryl methyl sites for hydroxylation is 1. The van der Waals surface area contributed by atoms with Gasteiger partial charge in [-0.25, -0.2) is 0 Å². The van der Waals surface area contributed by atoms with E-state index in [0.717, 1.165) is 22.4 Å². The number of hydrogen-bond donors (Lipinski definition) is 2. The average Bonchev–Trinajstić information content (AvgIpc) is 3.32. The molecule has 0 saturated carbocycles. The fraction of sp³-hybridized carbons (Fsp3) is 0.222. The van der Waals surface area contributed by atoms with Crippen molar-refractivity contribution in [3.8, 4) is 11.5 Å². The van der Waals surface area contributed by atoms with Crippen LogP contribution in [0.25, 0.3) is 5.57 Å². The van der Waals surface area contributed by atoms with Gasteiger partial charge in [0.15, 0.2) is 6.21 Å². The third-order valence-corrected chi connectivity index (χ3v) is 7.86. The van der Waals surface area contributed by atoms with E-state index in [2.05, 4.69) is 10.3 Å². The number of aliphatic carboxylic acids is 1. The molecule has 0 aliphatic carbocycles. The molecule has 2 aliphatic heterocycles. The Hall–Kier alpha value is -4.39. The van der Waals surface area contributed by atoms with E-state index in [0.29, 0.717) is 35.8 Å². The molecule has 0 unspecified atom stereocenters. The number of carbonyl (C=O) groups excluding carboxylic acids is 1. The monoisotopic (exact) mass is 575 g/mol. The highest BCUT2D eigenvalue weighted by Crippen LogP contribution is 2.36. The zero-order valence-corrected chi connectivity index (χ0v) is 22.1. The fourth-order valence-electron chi connectivity index (χ4n) is 4.15. The van der Waals surface area contributed by atoms with E-state index in [1.54, 1.807) is 43.7 Å². The molecular weight excluding hydrogens is 551 g/mol. The maximum atomic E-state index is 13.5. The summed E-state index contributed by atoms with van der Waals surface area (Å²) in [7, 11) is -2.29. The van der Waals surface area contributed by atoms with Crippen LogP contribution in [0.15, 0.2) is 64.5 Å². The summed E-state index contributed by atoms with van der Waals surface area (Å²) in [5.41, 5.74) is 3.51. The van der Waals surface area contributed by atoms with Crippen molar-refractivity contribution >= 4 is 39.2 Å². The van der Waals surface area contributed by atoms with Crippen LogP contribution in [0.4, 0.5) is 24.5 Å². The average molecular weight is 576 g/mol. The van der Waals surface area contributed by atoms with Crippen molar-refractivity contribution < 1.29 is 45.3 Å². The van der Waals surface area contributed by atoms with E-state index in [9.17, 15) is 26.7 Å². The molecule has 210 valence electrons. The largest absolute Gasteiger partial charge is 0.542 e. The van der Waals surface area contributed by atoms with Gasteiger partial charge in [0, 0.05) is 18.7 Å². The fourth-order valence-corrected chi connectivity index (χ4v) is 5.54. The highest BCUT2D eigenvalue weighted by Gasteiger charge is 2.39. The number of phenolic OH excluding ortho intramolecular Hbond substituents is 1. The normalized spacial score (nSPS) is 13.8. The molecule has 9 nitrogen and oxygen atoms in total. The van der Waals surface area contributed by atoms with Crippen LogP contribution in [0.2, 0.25) is 0 Å². The summed E-state index contributed by atoms with van der Waals surface area (Å²) in [5.74, 6) is -2.35. The van der Waals surface area contributed by atoms with Gasteiger partial charge in [-0.05, 0) is 49.2 Å². The number of methoxy groups -OCH3 is 1. The molecule has 13 heteroatoms. The van der Waals surface area contributed by atoms with Crippen LogP contribution in [0, 0.1) is 6.92 Å². The smallest absolute Gasteiger partial charge is 0.430 e. The van der Waals surface area contributed by atoms with Crippen LogP contribution in [0.5, 0.6) is 11.5 Å². The first-order valence-corrected chi connectivity index (χ1v) is 13.3. The summed E-state index contributed by atoms with van der Waals surface area (Å²) in [6, 6.07) is 16.1. The standard InChI is InChI=1S/C25H23N3O4S.C2HF3O2/c1-16-3-9-20(10-4-16)33(30,31)28-15-18-11-12-26-21-13-22(25(29)24(28)23(18)21)27-14-17-5-7-19(32-2)8-6-17;3-2(4,5)1(6)7/h3-10,13,15H,11-12,14H2,1-2H3,(H,26,27);(H,6,7). The van der Waals surface area contributed by atoms with Crippen molar-refractivity contribution in [1.82, 2.24) is 0 Å². The zero-order chi connectivity index (χ0) is 29.2. The SMILES string of the molecule is COc1ccc(CNc2cc3c4c(c2O)[N+](S(=O)(=O)c2ccc(C)cc2)=CC=4CCN=3)cc1.O=C([O-])C(F)(F)F. The number of alkyl halides is 3. The van der Waals surface area contributed by atoms with Gasteiger partial charge < -0.3 is 25.1 Å². The van der Waals surface area contributed by atoms with E-state index >= 15 is 0 Å². The Balaban J connectivity index is 0.000000470. The summed E-state index contributed by atoms with van der Waals surface area (Å²) in [4.78, 5) is 13.6. The molecular formula is C27H24F3N3O6S. The summed E-state index contributed by atoms with van der Waals surface area (Å²) in [6.07, 6.45) is -2.96. The molecule has 0 saturated heterocycles. The summed E-state index contributed by atoms with van der Waals surface area (Å²) in [5, 5.41) is 24.6. The Kier molecular flexibility index (Phi) is 7.87. The Morgan fingerprint density at radius 3 is 2.35 bits per heavy atom. The van der Waals surface area contributed by atoms with Crippen molar-refractivity contribution in [2.45, 2.75) is 31.0 Å². The number of benzene rings is 3. The molecule has 0 fully saturated rings. The van der Waals surface area contributed by atoms with Crippen molar-refractivity contribution in [2.24, 2.45) is 4.99 Å². The van der Waals surface area contributed by atoms with Crippen LogP contribution in [-0.2, 0) is 21.4 Å². The molecule has 0 bridgehead atoms. The lowest BCUT2D eigenvalue weighted by Gasteiger charge is -2.11. The van der Waals surface area contributed by atoms with Gasteiger partial charge >= 0.3 is 16.2 Å². The Bertz CT molecular complexity index is 1720. The number of phenols is 1. The van der Waals surface area contributed by atoms with Crippen molar-refractivity contribution in [3.63, 3.8) is 0 Å². The summed E-state index contributed by atoms with van der Waals surface area (Å²) < 4.78 is 65.0. The van der Waals surface area contributed by atoms with E-state index in [1.165, 1.54) is 3.98 Å². The number of rotatable bonds is 6. The molecule has 0 amide bonds. The van der Waals surface area contributed by atoms with Crippen LogP contribution >= 0.6 is 0 Å². The number of hydrogen-bond acceptors (Lipinski definition) is 8. The number of carboxylic acid groups (broad SMARTS) is 1. The molecule has 2 N–H and O–H groups in total. The number of anilines is 1. The van der Waals surface area contributed by atoms with Crippen molar-refractivity contribution in [1.29, 1.82) is 0 Å². The molecule has 2 aliphatic rings. The Morgan fingerprint density at radius 1 is 1.15 bits per heavy atom. The van der Waals surface area contributed by atoms with Gasteiger partial charge in [-0.15, -0.1) is 0 Å². The lowest BCUT2D eigenvalue weighted by atomic mass is 10.1. The van der Waals surface area contributed by atoms with Gasteiger partial charge in [-0.2, -0.15) is 21.6 Å². The molecule has 0 atom stereocenters. The van der Waals surface area contributed by atoms with Gasteiger partial charge in [0.05, 0.1) is 23.4 Å². The second-order valence-electron chi connectivity index (χ2n) is 8.90. The lowest BCUT2D eigenvalue weighted by molar-refractivity contribution is -0.344. The maximum absolute atomic E-state index is 13.5. The second-order valence-corrected chi connectivity index (χ2v) is 10.7. The molecule has 3 aromatic carbocycles. The molecule has 0 radical (unpaired) electrons. The van der Waals surface area contributed by atoms with Gasteiger partial charge in [-0.3, -0.25) is 4.99 Å². The first-order valence-electron chi connectivity index (χ1n) is 11.9. The predicted molar refractivity (Wildman–Crippen MR) is 138 cm³/mol. The second kappa shape index (κ2) is 11.0. The van der Waals surface area contributed by atoms with Crippen molar-refractivity contribution in [2.75, 3.05) is 19.0 Å². The highest BCUT2D eigenvalue weighted by atomic mass is 32.2. The quantitative estimate of drug-likeness (QED) is 0.339. The van der Waals surface area contributed by atoms with Crippen LogP contribution in [0.1, 0.15) is 17.5 Å². The number of aromatic hydroxyl groups is 1. The number of ether oxygens (including phenoxy) is 1. The number of nitrogens with zero attached hydrogens (tertiary/aromatic N) is 2.